The first kappa shape index (κ1) is 19.1. The number of hydrogen-bond donors (Lipinski definition) is 0. The van der Waals surface area contributed by atoms with Crippen molar-refractivity contribution in [3.8, 4) is 0 Å². The predicted molar refractivity (Wildman–Crippen MR) is 115 cm³/mol. The van der Waals surface area contributed by atoms with Gasteiger partial charge in [-0.05, 0) is 68.1 Å². The van der Waals surface area contributed by atoms with Crippen molar-refractivity contribution in [3.63, 3.8) is 0 Å². The first-order valence-electron chi connectivity index (χ1n) is 11.3. The van der Waals surface area contributed by atoms with Gasteiger partial charge in [-0.1, -0.05) is 18.2 Å². The van der Waals surface area contributed by atoms with Gasteiger partial charge in [0.15, 0.2) is 0 Å². The predicted octanol–water partition coefficient (Wildman–Crippen LogP) is 3.56. The Balaban J connectivity index is 1.21. The molecule has 5 rings (SSSR count). The van der Waals surface area contributed by atoms with Crippen LogP contribution in [0.1, 0.15) is 44.2 Å². The molecule has 0 bridgehead atoms. The molecule has 3 saturated heterocycles. The lowest BCUT2D eigenvalue weighted by atomic mass is 9.72. The van der Waals surface area contributed by atoms with E-state index in [0.29, 0.717) is 11.3 Å². The quantitative estimate of drug-likeness (QED) is 0.794. The Morgan fingerprint density at radius 1 is 1.17 bits per heavy atom. The number of para-hydroxylation sites is 1. The zero-order chi connectivity index (χ0) is 19.8. The summed E-state index contributed by atoms with van der Waals surface area (Å²) in [6, 6.07) is 11.0. The third-order valence-corrected chi connectivity index (χ3v) is 7.55. The number of fused-ring (bicyclic) bond motifs is 1. The van der Waals surface area contributed by atoms with Crippen LogP contribution in [0.25, 0.3) is 10.9 Å². The van der Waals surface area contributed by atoms with E-state index in [1.54, 1.807) is 0 Å². The normalized spacial score (nSPS) is 25.3. The maximum Gasteiger partial charge on any atom is 0.222 e. The van der Waals surface area contributed by atoms with Gasteiger partial charge in [-0.25, -0.2) is 0 Å². The summed E-state index contributed by atoms with van der Waals surface area (Å²) in [5, 5.41) is 1.33. The smallest absolute Gasteiger partial charge is 0.222 e. The number of benzene rings is 1. The van der Waals surface area contributed by atoms with Crippen LogP contribution in [-0.2, 0) is 23.1 Å². The average Bonchev–Trinajstić information content (AvgIpc) is 3.35. The summed E-state index contributed by atoms with van der Waals surface area (Å²) in [6.45, 7) is 5.88. The molecular weight excluding hydrogens is 362 g/mol. The van der Waals surface area contributed by atoms with E-state index in [-0.39, 0.29) is 6.10 Å². The van der Waals surface area contributed by atoms with E-state index in [4.69, 9.17) is 4.74 Å². The molecule has 0 N–H and O–H groups in total. The van der Waals surface area contributed by atoms with Gasteiger partial charge < -0.3 is 14.2 Å². The third kappa shape index (κ3) is 3.82. The van der Waals surface area contributed by atoms with E-state index in [1.165, 1.54) is 29.4 Å². The zero-order valence-electron chi connectivity index (χ0n) is 17.6. The van der Waals surface area contributed by atoms with Crippen LogP contribution in [0.3, 0.4) is 0 Å². The summed E-state index contributed by atoms with van der Waals surface area (Å²) in [6.07, 6.45) is 6.70. The van der Waals surface area contributed by atoms with E-state index in [2.05, 4.69) is 51.7 Å². The van der Waals surface area contributed by atoms with E-state index in [0.717, 1.165) is 65.0 Å². The highest BCUT2D eigenvalue weighted by Crippen LogP contribution is 2.41. The fourth-order valence-electron chi connectivity index (χ4n) is 5.62. The molecule has 1 aromatic carbocycles. The molecule has 3 fully saturated rings. The van der Waals surface area contributed by atoms with Gasteiger partial charge in [-0.15, -0.1) is 0 Å². The number of likely N-dealkylation sites (tertiary alicyclic amines) is 2. The lowest BCUT2D eigenvalue weighted by molar-refractivity contribution is -0.141. The summed E-state index contributed by atoms with van der Waals surface area (Å²) < 4.78 is 8.13. The molecular formula is C24H33N3O2. The van der Waals surface area contributed by atoms with E-state index in [1.807, 2.05) is 0 Å². The highest BCUT2D eigenvalue weighted by atomic mass is 16.5. The van der Waals surface area contributed by atoms with Crippen molar-refractivity contribution in [2.75, 3.05) is 32.8 Å². The molecule has 1 aromatic heterocycles. The highest BCUT2D eigenvalue weighted by Gasteiger charge is 2.41. The molecule has 156 valence electrons. The average molecular weight is 396 g/mol. The Morgan fingerprint density at radius 2 is 2.00 bits per heavy atom. The van der Waals surface area contributed by atoms with Crippen molar-refractivity contribution < 1.29 is 9.53 Å². The fourth-order valence-corrected chi connectivity index (χ4v) is 5.62. The van der Waals surface area contributed by atoms with Gasteiger partial charge in [-0.3, -0.25) is 9.69 Å². The van der Waals surface area contributed by atoms with Crippen molar-refractivity contribution in [2.45, 2.75) is 51.2 Å². The first-order chi connectivity index (χ1) is 14.1. The minimum absolute atomic E-state index is 0.265. The zero-order valence-corrected chi connectivity index (χ0v) is 17.6. The Bertz CT molecular complexity index is 875. The largest absolute Gasteiger partial charge is 0.376 e. The Morgan fingerprint density at radius 3 is 2.76 bits per heavy atom. The molecule has 29 heavy (non-hydrogen) atoms. The topological polar surface area (TPSA) is 37.7 Å². The van der Waals surface area contributed by atoms with Crippen LogP contribution in [0, 0.1) is 5.41 Å². The van der Waals surface area contributed by atoms with E-state index < -0.39 is 0 Å². The van der Waals surface area contributed by atoms with Crippen LogP contribution in [0.5, 0.6) is 0 Å². The minimum Gasteiger partial charge on any atom is -0.376 e. The molecule has 1 spiro atoms. The van der Waals surface area contributed by atoms with Gasteiger partial charge in [0.2, 0.25) is 5.91 Å². The van der Waals surface area contributed by atoms with Gasteiger partial charge in [0.25, 0.3) is 0 Å². The molecule has 5 nitrogen and oxygen atoms in total. The summed E-state index contributed by atoms with van der Waals surface area (Å²) in [5.41, 5.74) is 3.02. The van der Waals surface area contributed by atoms with Crippen LogP contribution in [0.2, 0.25) is 0 Å². The lowest BCUT2D eigenvalue weighted by Gasteiger charge is -2.48. The molecule has 0 aliphatic carbocycles. The van der Waals surface area contributed by atoms with Crippen molar-refractivity contribution in [2.24, 2.45) is 12.5 Å². The second kappa shape index (κ2) is 7.77. The summed E-state index contributed by atoms with van der Waals surface area (Å²) in [7, 11) is 2.18. The minimum atomic E-state index is 0.265. The van der Waals surface area contributed by atoms with Gasteiger partial charge >= 0.3 is 0 Å². The Kier molecular flexibility index (Phi) is 5.12. The summed E-state index contributed by atoms with van der Waals surface area (Å²) >= 11 is 0. The van der Waals surface area contributed by atoms with Gasteiger partial charge in [0.05, 0.1) is 6.10 Å². The van der Waals surface area contributed by atoms with Crippen LogP contribution < -0.4 is 0 Å². The molecule has 1 amide bonds. The van der Waals surface area contributed by atoms with Crippen LogP contribution >= 0.6 is 0 Å². The number of aryl methyl sites for hydroxylation is 1. The molecule has 1 unspecified atom stereocenters. The number of aromatic nitrogens is 1. The van der Waals surface area contributed by atoms with Crippen molar-refractivity contribution >= 4 is 16.8 Å². The standard InChI is InChI=1S/C24H33N3O2/c1-25-20(15-19-5-2-3-7-22(19)25)16-26-12-10-24(11-13-26)9-8-23(28)27(18-24)17-21-6-4-14-29-21/h2-3,5,7,15,21H,4,6,8-14,16-18H2,1H3. The van der Waals surface area contributed by atoms with Gasteiger partial charge in [0, 0.05) is 50.9 Å². The number of rotatable bonds is 4. The second-order valence-corrected chi connectivity index (χ2v) is 9.44. The Labute approximate surface area is 173 Å². The number of amides is 1. The molecule has 2 aromatic rings. The molecule has 5 heteroatoms. The number of ether oxygens (including phenoxy) is 1. The number of carbonyl (C=O) groups is 1. The van der Waals surface area contributed by atoms with Crippen LogP contribution in [0.4, 0.5) is 0 Å². The second-order valence-electron chi connectivity index (χ2n) is 9.44. The SMILES string of the molecule is Cn1c(CN2CCC3(CCC(=O)N(CC4CCCO4)C3)CC2)cc2ccccc21. The molecule has 1 atom stereocenters. The Hall–Kier alpha value is -1.85. The number of piperidine rings is 2. The molecule has 3 aliphatic heterocycles. The summed E-state index contributed by atoms with van der Waals surface area (Å²) in [5.74, 6) is 0.337. The maximum absolute atomic E-state index is 12.5. The first-order valence-corrected chi connectivity index (χ1v) is 11.3. The van der Waals surface area contributed by atoms with E-state index >= 15 is 0 Å². The maximum atomic E-state index is 12.5. The van der Waals surface area contributed by atoms with Gasteiger partial charge in [-0.2, -0.15) is 0 Å². The number of nitrogens with zero attached hydrogens (tertiary/aromatic N) is 3. The summed E-state index contributed by atoms with van der Waals surface area (Å²) in [4.78, 5) is 17.2. The van der Waals surface area contributed by atoms with Crippen LogP contribution in [0.15, 0.2) is 30.3 Å². The van der Waals surface area contributed by atoms with Crippen LogP contribution in [-0.4, -0.2) is 59.2 Å². The van der Waals surface area contributed by atoms with Crippen molar-refractivity contribution in [1.29, 1.82) is 0 Å². The number of hydrogen-bond acceptors (Lipinski definition) is 3. The monoisotopic (exact) mass is 395 g/mol. The highest BCUT2D eigenvalue weighted by molar-refractivity contribution is 5.81. The molecule has 3 aliphatic rings. The van der Waals surface area contributed by atoms with Crippen molar-refractivity contribution in [1.82, 2.24) is 14.4 Å². The molecule has 0 radical (unpaired) electrons. The lowest BCUT2D eigenvalue weighted by Crippen LogP contribution is -2.52. The van der Waals surface area contributed by atoms with Crippen molar-refractivity contribution in [3.05, 3.63) is 36.0 Å². The van der Waals surface area contributed by atoms with Gasteiger partial charge in [0.1, 0.15) is 0 Å². The third-order valence-electron chi connectivity index (χ3n) is 7.55. The fraction of sp³-hybridized carbons (Fsp3) is 0.625. The molecule has 4 heterocycles. The van der Waals surface area contributed by atoms with E-state index in [9.17, 15) is 4.79 Å². The molecule has 0 saturated carbocycles. The number of carbonyl (C=O) groups excluding carboxylic acids is 1.